The highest BCUT2D eigenvalue weighted by molar-refractivity contribution is 6.07. The summed E-state index contributed by atoms with van der Waals surface area (Å²) in [6.45, 7) is 6.29. The van der Waals surface area contributed by atoms with E-state index in [-0.39, 0.29) is 17.9 Å². The van der Waals surface area contributed by atoms with Crippen molar-refractivity contribution in [2.75, 3.05) is 0 Å². The molecule has 2 amide bonds. The fraction of sp³-hybridized carbons (Fsp3) is 0.500. The Bertz CT molecular complexity index is 519. The zero-order valence-corrected chi connectivity index (χ0v) is 12.3. The van der Waals surface area contributed by atoms with Crippen molar-refractivity contribution in [2.24, 2.45) is 5.41 Å². The maximum atomic E-state index is 12.3. The van der Waals surface area contributed by atoms with Gasteiger partial charge in [0.1, 0.15) is 5.41 Å². The first-order valence-corrected chi connectivity index (χ1v) is 7.09. The zero-order valence-electron chi connectivity index (χ0n) is 12.3. The second-order valence-electron chi connectivity index (χ2n) is 5.82. The number of aryl methyl sites for hydroxylation is 1. The lowest BCUT2D eigenvalue weighted by Crippen LogP contribution is -2.45. The van der Waals surface area contributed by atoms with E-state index in [2.05, 4.69) is 10.6 Å². The average molecular weight is 274 g/mol. The normalized spacial score (nSPS) is 15.8. The third-order valence-electron chi connectivity index (χ3n) is 3.74. The zero-order chi connectivity index (χ0) is 14.8. The molecule has 1 saturated carbocycles. The van der Waals surface area contributed by atoms with Crippen LogP contribution >= 0.6 is 0 Å². The predicted octanol–water partition coefficient (Wildman–Crippen LogP) is 1.92. The van der Waals surface area contributed by atoms with Crippen LogP contribution in [0.3, 0.4) is 0 Å². The van der Waals surface area contributed by atoms with Crippen molar-refractivity contribution in [2.45, 2.75) is 46.2 Å². The molecule has 0 atom stereocenters. The van der Waals surface area contributed by atoms with E-state index in [1.165, 1.54) is 0 Å². The van der Waals surface area contributed by atoms with Crippen molar-refractivity contribution < 1.29 is 9.59 Å². The van der Waals surface area contributed by atoms with Gasteiger partial charge in [0.2, 0.25) is 11.8 Å². The van der Waals surface area contributed by atoms with E-state index in [9.17, 15) is 9.59 Å². The number of hydrogen-bond acceptors (Lipinski definition) is 2. The molecule has 0 saturated heterocycles. The molecule has 0 heterocycles. The maximum absolute atomic E-state index is 12.3. The van der Waals surface area contributed by atoms with E-state index in [4.69, 9.17) is 0 Å². The quantitative estimate of drug-likeness (QED) is 0.806. The Morgan fingerprint density at radius 1 is 1.20 bits per heavy atom. The lowest BCUT2D eigenvalue weighted by molar-refractivity contribution is -0.137. The van der Waals surface area contributed by atoms with E-state index < -0.39 is 5.41 Å². The van der Waals surface area contributed by atoms with Crippen LogP contribution in [0.5, 0.6) is 0 Å². The highest BCUT2D eigenvalue weighted by Gasteiger charge is 2.56. The Hall–Kier alpha value is -1.84. The third kappa shape index (κ3) is 3.00. The van der Waals surface area contributed by atoms with Crippen LogP contribution in [0, 0.1) is 12.3 Å². The number of amides is 2. The molecule has 4 nitrogen and oxygen atoms in total. The van der Waals surface area contributed by atoms with Crippen molar-refractivity contribution in [3.05, 3.63) is 35.4 Å². The summed E-state index contributed by atoms with van der Waals surface area (Å²) in [5.74, 6) is -0.298. The number of hydrogen-bond donors (Lipinski definition) is 2. The van der Waals surface area contributed by atoms with E-state index in [0.717, 1.165) is 11.1 Å². The standard InChI is InChI=1S/C16H22N2O2/c1-11(2)18-15(20)16(8-9-16)14(19)17-10-13-7-5-4-6-12(13)3/h4-7,11H,8-10H2,1-3H3,(H,17,19)(H,18,20). The second kappa shape index (κ2) is 5.65. The van der Waals surface area contributed by atoms with Gasteiger partial charge in [-0.15, -0.1) is 0 Å². The molecule has 108 valence electrons. The minimum atomic E-state index is -0.826. The average Bonchev–Trinajstić information content (AvgIpc) is 3.18. The molecule has 0 aliphatic heterocycles. The topological polar surface area (TPSA) is 58.2 Å². The molecule has 1 aromatic carbocycles. The summed E-state index contributed by atoms with van der Waals surface area (Å²) in [6, 6.07) is 7.99. The molecule has 0 unspecified atom stereocenters. The highest BCUT2D eigenvalue weighted by Crippen LogP contribution is 2.46. The molecule has 0 radical (unpaired) electrons. The molecule has 1 aliphatic carbocycles. The Balaban J connectivity index is 1.95. The molecular formula is C16H22N2O2. The van der Waals surface area contributed by atoms with Crippen LogP contribution in [-0.4, -0.2) is 17.9 Å². The fourth-order valence-corrected chi connectivity index (χ4v) is 2.24. The minimum absolute atomic E-state index is 0.0594. The smallest absolute Gasteiger partial charge is 0.235 e. The Labute approximate surface area is 119 Å². The van der Waals surface area contributed by atoms with Crippen molar-refractivity contribution in [1.29, 1.82) is 0 Å². The number of rotatable bonds is 5. The first kappa shape index (κ1) is 14.6. The molecule has 1 aliphatic rings. The largest absolute Gasteiger partial charge is 0.353 e. The molecule has 4 heteroatoms. The van der Waals surface area contributed by atoms with Gasteiger partial charge < -0.3 is 10.6 Å². The third-order valence-corrected chi connectivity index (χ3v) is 3.74. The summed E-state index contributed by atoms with van der Waals surface area (Å²) in [7, 11) is 0. The van der Waals surface area contributed by atoms with Crippen molar-refractivity contribution in [1.82, 2.24) is 10.6 Å². The summed E-state index contributed by atoms with van der Waals surface area (Å²) in [5.41, 5.74) is 1.40. The van der Waals surface area contributed by atoms with Gasteiger partial charge in [0, 0.05) is 12.6 Å². The van der Waals surface area contributed by atoms with Crippen LogP contribution in [0.4, 0.5) is 0 Å². The van der Waals surface area contributed by atoms with Gasteiger partial charge in [-0.3, -0.25) is 9.59 Å². The van der Waals surface area contributed by atoms with Crippen LogP contribution in [0.15, 0.2) is 24.3 Å². The van der Waals surface area contributed by atoms with Gasteiger partial charge in [0.15, 0.2) is 0 Å². The van der Waals surface area contributed by atoms with Gasteiger partial charge in [-0.25, -0.2) is 0 Å². The van der Waals surface area contributed by atoms with Crippen LogP contribution in [0.25, 0.3) is 0 Å². The lowest BCUT2D eigenvalue weighted by atomic mass is 10.0. The highest BCUT2D eigenvalue weighted by atomic mass is 16.2. The van der Waals surface area contributed by atoms with Gasteiger partial charge in [0.05, 0.1) is 0 Å². The minimum Gasteiger partial charge on any atom is -0.353 e. The van der Waals surface area contributed by atoms with Crippen molar-refractivity contribution in [3.63, 3.8) is 0 Å². The molecular weight excluding hydrogens is 252 g/mol. The van der Waals surface area contributed by atoms with Gasteiger partial charge >= 0.3 is 0 Å². The van der Waals surface area contributed by atoms with Crippen molar-refractivity contribution in [3.8, 4) is 0 Å². The molecule has 0 spiro atoms. The van der Waals surface area contributed by atoms with Crippen LogP contribution < -0.4 is 10.6 Å². The Morgan fingerprint density at radius 2 is 1.85 bits per heavy atom. The number of nitrogens with one attached hydrogen (secondary N) is 2. The van der Waals surface area contributed by atoms with Crippen LogP contribution in [-0.2, 0) is 16.1 Å². The Kier molecular flexibility index (Phi) is 4.12. The van der Waals surface area contributed by atoms with Gasteiger partial charge in [-0.2, -0.15) is 0 Å². The van der Waals surface area contributed by atoms with Gasteiger partial charge in [0.25, 0.3) is 0 Å². The van der Waals surface area contributed by atoms with Crippen LogP contribution in [0.1, 0.15) is 37.8 Å². The lowest BCUT2D eigenvalue weighted by Gasteiger charge is -2.17. The molecule has 0 aromatic heterocycles. The summed E-state index contributed by atoms with van der Waals surface area (Å²) < 4.78 is 0. The van der Waals surface area contributed by atoms with E-state index in [1.807, 2.05) is 45.0 Å². The first-order valence-electron chi connectivity index (χ1n) is 7.09. The van der Waals surface area contributed by atoms with Gasteiger partial charge in [-0.1, -0.05) is 24.3 Å². The molecule has 20 heavy (non-hydrogen) atoms. The van der Waals surface area contributed by atoms with Crippen LogP contribution in [0.2, 0.25) is 0 Å². The summed E-state index contributed by atoms with van der Waals surface area (Å²) in [4.78, 5) is 24.3. The molecule has 1 aromatic rings. The SMILES string of the molecule is Cc1ccccc1CNC(=O)C1(C(=O)NC(C)C)CC1. The molecule has 2 N–H and O–H groups in total. The van der Waals surface area contributed by atoms with Gasteiger partial charge in [-0.05, 0) is 44.7 Å². The molecule has 2 rings (SSSR count). The summed E-state index contributed by atoms with van der Waals surface area (Å²) in [6.07, 6.45) is 1.29. The summed E-state index contributed by atoms with van der Waals surface area (Å²) >= 11 is 0. The van der Waals surface area contributed by atoms with E-state index in [0.29, 0.717) is 19.4 Å². The molecule has 1 fully saturated rings. The first-order chi connectivity index (χ1) is 9.45. The van der Waals surface area contributed by atoms with E-state index >= 15 is 0 Å². The maximum Gasteiger partial charge on any atom is 0.235 e. The monoisotopic (exact) mass is 274 g/mol. The fourth-order valence-electron chi connectivity index (χ4n) is 2.24. The summed E-state index contributed by atoms with van der Waals surface area (Å²) in [5, 5.41) is 5.73. The second-order valence-corrected chi connectivity index (χ2v) is 5.82. The Morgan fingerprint density at radius 3 is 2.40 bits per heavy atom. The number of benzene rings is 1. The van der Waals surface area contributed by atoms with E-state index in [1.54, 1.807) is 0 Å². The number of carbonyl (C=O) groups excluding carboxylic acids is 2. The number of carbonyl (C=O) groups is 2. The predicted molar refractivity (Wildman–Crippen MR) is 78.0 cm³/mol. The van der Waals surface area contributed by atoms with Crippen molar-refractivity contribution >= 4 is 11.8 Å². The molecule has 0 bridgehead atoms.